The fourth-order valence-corrected chi connectivity index (χ4v) is 2.48. The van der Waals surface area contributed by atoms with Crippen molar-refractivity contribution in [3.05, 3.63) is 35.4 Å². The van der Waals surface area contributed by atoms with E-state index in [0.717, 1.165) is 5.56 Å². The first-order chi connectivity index (χ1) is 9.90. The third-order valence-electron chi connectivity index (χ3n) is 2.77. The van der Waals surface area contributed by atoms with Gasteiger partial charge in [-0.15, -0.1) is 0 Å². The molecule has 4 N–H and O–H groups in total. The van der Waals surface area contributed by atoms with Gasteiger partial charge in [0.2, 0.25) is 0 Å². The third-order valence-corrected chi connectivity index (χ3v) is 3.72. The number of aromatic carboxylic acids is 1. The highest BCUT2D eigenvalue weighted by molar-refractivity contribution is 7.50. The number of nitrogens with one attached hydrogen (secondary N) is 1. The number of hydrogen-bond donors (Lipinski definition) is 4. The monoisotopic (exact) mass is 315 g/mol. The van der Waals surface area contributed by atoms with Crippen molar-refractivity contribution < 1.29 is 19.9 Å². The minimum absolute atomic E-state index is 0.0595. The van der Waals surface area contributed by atoms with Gasteiger partial charge in [0.15, 0.2) is 0 Å². The lowest BCUT2D eigenvalue weighted by Gasteiger charge is -2.18. The van der Waals surface area contributed by atoms with Gasteiger partial charge in [-0.2, -0.15) is 0 Å². The summed E-state index contributed by atoms with van der Waals surface area (Å²) in [6.07, 6.45) is -0.212. The third kappa shape index (κ3) is 8.12. The van der Waals surface area contributed by atoms with Crippen LogP contribution in [0.5, 0.6) is 0 Å². The number of carboxylic acid groups (broad SMARTS) is 1. The highest BCUT2D eigenvalue weighted by atomic mass is 31.1. The Morgan fingerprint density at radius 2 is 2.00 bits per heavy atom. The van der Waals surface area contributed by atoms with Crippen molar-refractivity contribution in [2.75, 3.05) is 19.4 Å². The van der Waals surface area contributed by atoms with Crippen LogP contribution in [0, 0.1) is 0 Å². The summed E-state index contributed by atoms with van der Waals surface area (Å²) in [7, 11) is -1.11. The van der Waals surface area contributed by atoms with Crippen LogP contribution in [0.15, 0.2) is 24.3 Å². The summed E-state index contributed by atoms with van der Waals surface area (Å²) < 4.78 is 0. The van der Waals surface area contributed by atoms with E-state index in [1.165, 1.54) is 0 Å². The Kier molecular flexibility index (Phi) is 10.2. The zero-order valence-corrected chi connectivity index (χ0v) is 14.0. The molecular formula is C15H26NO4P. The Bertz CT molecular complexity index is 426. The second-order valence-corrected chi connectivity index (χ2v) is 6.24. The van der Waals surface area contributed by atoms with Gasteiger partial charge in [0.25, 0.3) is 0 Å². The topological polar surface area (TPSA) is 89.8 Å². The van der Waals surface area contributed by atoms with Crippen molar-refractivity contribution in [2.24, 2.45) is 0 Å². The summed E-state index contributed by atoms with van der Waals surface area (Å²) >= 11 is 0. The molecule has 0 fully saturated rings. The van der Waals surface area contributed by atoms with Crippen molar-refractivity contribution >= 4 is 14.1 Å². The zero-order valence-electron chi connectivity index (χ0n) is 13.1. The van der Waals surface area contributed by atoms with Crippen molar-refractivity contribution in [1.82, 2.24) is 5.32 Å². The van der Waals surface area contributed by atoms with E-state index in [1.54, 1.807) is 24.9 Å². The lowest BCUT2D eigenvalue weighted by molar-refractivity contribution is 0.0696. The van der Waals surface area contributed by atoms with Crippen LogP contribution in [-0.2, 0) is 0 Å². The highest BCUT2D eigenvalue weighted by Crippen LogP contribution is 2.24. The molecule has 0 saturated heterocycles. The molecule has 1 aromatic carbocycles. The molecule has 0 heterocycles. The van der Waals surface area contributed by atoms with Crippen LogP contribution in [0.1, 0.15) is 42.7 Å². The molecule has 0 bridgehead atoms. The Balaban J connectivity index is 0.00000191. The molecule has 3 unspecified atom stereocenters. The molecule has 6 heteroatoms. The number of benzene rings is 1. The molecule has 0 saturated carbocycles. The first-order valence-corrected chi connectivity index (χ1v) is 8.97. The van der Waals surface area contributed by atoms with Gasteiger partial charge in [0, 0.05) is 26.9 Å². The maximum absolute atomic E-state index is 10.9. The van der Waals surface area contributed by atoms with Crippen molar-refractivity contribution in [1.29, 1.82) is 0 Å². The molecule has 0 aliphatic rings. The summed E-state index contributed by atoms with van der Waals surface area (Å²) in [5.74, 6) is -0.953. The molecule has 1 aromatic rings. The van der Waals surface area contributed by atoms with Gasteiger partial charge in [-0.25, -0.2) is 4.79 Å². The molecule has 0 amide bonds. The summed E-state index contributed by atoms with van der Waals surface area (Å²) in [5.41, 5.74) is 1.11. The van der Waals surface area contributed by atoms with Gasteiger partial charge in [0.1, 0.15) is 0 Å². The molecule has 0 aliphatic carbocycles. The van der Waals surface area contributed by atoms with E-state index in [0.29, 0.717) is 12.7 Å². The summed E-state index contributed by atoms with van der Waals surface area (Å²) in [6.45, 7) is 7.96. The van der Waals surface area contributed by atoms with E-state index in [1.807, 2.05) is 26.8 Å². The van der Waals surface area contributed by atoms with Gasteiger partial charge in [-0.05, 0) is 31.3 Å². The second-order valence-electron chi connectivity index (χ2n) is 4.55. The average molecular weight is 315 g/mol. The van der Waals surface area contributed by atoms with E-state index < -0.39 is 20.2 Å². The van der Waals surface area contributed by atoms with E-state index in [2.05, 4.69) is 5.32 Å². The van der Waals surface area contributed by atoms with Gasteiger partial charge < -0.3 is 20.4 Å². The van der Waals surface area contributed by atoms with Crippen LogP contribution >= 0.6 is 8.15 Å². The molecule has 0 radical (unpaired) electrons. The molecule has 120 valence electrons. The lowest BCUT2D eigenvalue weighted by atomic mass is 10.1. The summed E-state index contributed by atoms with van der Waals surface area (Å²) in [6, 6.07) is 6.65. The second kappa shape index (κ2) is 10.7. The number of aliphatic hydroxyl groups excluding tert-OH is 1. The van der Waals surface area contributed by atoms with Crippen LogP contribution in [0.25, 0.3) is 0 Å². The molecule has 3 atom stereocenters. The Hall–Kier alpha value is -1.00. The van der Waals surface area contributed by atoms with Gasteiger partial charge in [0.05, 0.1) is 11.7 Å². The Labute approximate surface area is 127 Å². The fraction of sp³-hybridized carbons (Fsp3) is 0.533. The predicted molar refractivity (Wildman–Crippen MR) is 87.1 cm³/mol. The first kappa shape index (κ1) is 20.0. The zero-order chi connectivity index (χ0) is 16.4. The SMILES string of the molecule is CC.CC(NCC(O)CP(C)O)c1cccc(C(=O)O)c1. The molecule has 0 spiro atoms. The maximum atomic E-state index is 10.9. The van der Waals surface area contributed by atoms with Crippen LogP contribution in [-0.4, -0.2) is 46.6 Å². The van der Waals surface area contributed by atoms with Crippen LogP contribution in [0.4, 0.5) is 0 Å². The van der Waals surface area contributed by atoms with Gasteiger partial charge in [-0.3, -0.25) is 0 Å². The minimum atomic E-state index is -1.11. The molecule has 5 nitrogen and oxygen atoms in total. The van der Waals surface area contributed by atoms with Gasteiger partial charge in [-0.1, -0.05) is 26.0 Å². The fourth-order valence-electron chi connectivity index (χ4n) is 1.74. The number of aliphatic hydroxyl groups is 1. The van der Waals surface area contributed by atoms with E-state index in [-0.39, 0.29) is 11.6 Å². The van der Waals surface area contributed by atoms with Crippen LogP contribution in [0.3, 0.4) is 0 Å². The summed E-state index contributed by atoms with van der Waals surface area (Å²) in [5, 5.41) is 21.7. The van der Waals surface area contributed by atoms with E-state index in [4.69, 9.17) is 5.11 Å². The largest absolute Gasteiger partial charge is 0.478 e. The molecular weight excluding hydrogens is 289 g/mol. The van der Waals surface area contributed by atoms with Crippen molar-refractivity contribution in [2.45, 2.75) is 32.9 Å². The number of hydrogen-bond acceptors (Lipinski definition) is 4. The molecule has 0 aromatic heterocycles. The van der Waals surface area contributed by atoms with Gasteiger partial charge >= 0.3 is 5.97 Å². The van der Waals surface area contributed by atoms with E-state index in [9.17, 15) is 14.8 Å². The standard InChI is InChI=1S/C13H20NO4P.C2H6/c1-9(14-7-12(15)8-19(2)18)10-4-3-5-11(6-10)13(16)17;1-2/h3-6,9,12,14-15,18H,7-8H2,1-2H3,(H,16,17);1-2H3. The highest BCUT2D eigenvalue weighted by Gasteiger charge is 2.12. The number of carboxylic acids is 1. The van der Waals surface area contributed by atoms with Crippen molar-refractivity contribution in [3.8, 4) is 0 Å². The Morgan fingerprint density at radius 3 is 2.52 bits per heavy atom. The first-order valence-electron chi connectivity index (χ1n) is 7.05. The van der Waals surface area contributed by atoms with E-state index >= 15 is 0 Å². The molecule has 21 heavy (non-hydrogen) atoms. The Morgan fingerprint density at radius 1 is 1.38 bits per heavy atom. The minimum Gasteiger partial charge on any atom is -0.478 e. The van der Waals surface area contributed by atoms with Crippen molar-refractivity contribution in [3.63, 3.8) is 0 Å². The maximum Gasteiger partial charge on any atom is 0.335 e. The van der Waals surface area contributed by atoms with Crippen LogP contribution < -0.4 is 5.32 Å². The van der Waals surface area contributed by atoms with Crippen LogP contribution in [0.2, 0.25) is 0 Å². The smallest absolute Gasteiger partial charge is 0.335 e. The normalized spacial score (nSPS) is 14.6. The molecule has 0 aliphatic heterocycles. The molecule has 1 rings (SSSR count). The predicted octanol–water partition coefficient (Wildman–Crippen LogP) is 2.44. The average Bonchev–Trinajstić information content (AvgIpc) is 2.46. The lowest BCUT2D eigenvalue weighted by Crippen LogP contribution is -2.30. The quantitative estimate of drug-likeness (QED) is 0.580. The summed E-state index contributed by atoms with van der Waals surface area (Å²) in [4.78, 5) is 20.1. The number of carbonyl (C=O) groups is 1. The number of rotatable bonds is 7.